The fraction of sp³-hybridized carbons (Fsp3) is 0.304. The van der Waals surface area contributed by atoms with Gasteiger partial charge in [0.25, 0.3) is 0 Å². The Morgan fingerprint density at radius 1 is 0.909 bits per heavy atom. The Morgan fingerprint density at radius 3 is 2.18 bits per heavy atom. The summed E-state index contributed by atoms with van der Waals surface area (Å²) in [6, 6.07) is 16.6. The smallest absolute Gasteiger partial charge is 0.243 e. The molecule has 33 heavy (non-hydrogen) atoms. The first-order valence-corrected chi connectivity index (χ1v) is 13.6. The van der Waals surface area contributed by atoms with Crippen LogP contribution in [0.5, 0.6) is 17.2 Å². The Kier molecular flexibility index (Phi) is 6.78. The zero-order valence-corrected chi connectivity index (χ0v) is 19.7. The molecule has 0 bridgehead atoms. The van der Waals surface area contributed by atoms with Crippen LogP contribution in [0, 0.1) is 0 Å². The van der Waals surface area contributed by atoms with Crippen molar-refractivity contribution < 1.29 is 30.7 Å². The quantitative estimate of drug-likeness (QED) is 0.471. The number of ether oxygens (including phenoxy) is 2. The van der Waals surface area contributed by atoms with Crippen LogP contribution in [0.4, 0.5) is 0 Å². The molecule has 0 saturated carbocycles. The highest BCUT2D eigenvalue weighted by atomic mass is 32.2. The molecule has 0 radical (unpaired) electrons. The molecule has 8 nitrogen and oxygen atoms in total. The third-order valence-corrected chi connectivity index (χ3v) is 9.68. The Balaban J connectivity index is 1.40. The molecule has 1 saturated heterocycles. The number of sulfone groups is 1. The number of rotatable bonds is 8. The van der Waals surface area contributed by atoms with Gasteiger partial charge in [0.2, 0.25) is 10.0 Å². The van der Waals surface area contributed by atoms with Crippen LogP contribution in [0.2, 0.25) is 0 Å². The van der Waals surface area contributed by atoms with E-state index >= 15 is 0 Å². The highest BCUT2D eigenvalue weighted by Gasteiger charge is 2.35. The van der Waals surface area contributed by atoms with Gasteiger partial charge in [-0.25, -0.2) is 16.8 Å². The summed E-state index contributed by atoms with van der Waals surface area (Å²) in [4.78, 5) is 0.131. The van der Waals surface area contributed by atoms with E-state index in [0.29, 0.717) is 23.0 Å². The first kappa shape index (κ1) is 23.3. The van der Waals surface area contributed by atoms with Crippen LogP contribution in [-0.2, 0) is 25.6 Å². The van der Waals surface area contributed by atoms with Crippen molar-refractivity contribution >= 4 is 19.9 Å². The molecule has 1 aromatic heterocycles. The number of hydrogen-bond donors (Lipinski definition) is 0. The number of nitrogens with zero attached hydrogens (tertiary/aromatic N) is 1. The molecule has 0 N–H and O–H groups in total. The maximum Gasteiger partial charge on any atom is 0.243 e. The second-order valence-electron chi connectivity index (χ2n) is 7.71. The summed E-state index contributed by atoms with van der Waals surface area (Å²) in [5.74, 6) is 1.78. The molecule has 4 rings (SSSR count). The van der Waals surface area contributed by atoms with Crippen molar-refractivity contribution in [1.82, 2.24) is 4.31 Å². The standard InChI is InChI=1S/C23H25NO7S2/c1-29-22-6-2-3-7-23(22)31-18-8-10-21(11-9-18)33(27,28)24-14-12-20(13-15-24)32(25,26)17-19-5-4-16-30-19/h2-11,16,20H,12-15,17H2,1H3. The zero-order valence-electron chi connectivity index (χ0n) is 18.1. The second kappa shape index (κ2) is 9.58. The topological polar surface area (TPSA) is 103 Å². The maximum atomic E-state index is 13.1. The molecule has 2 aromatic carbocycles. The minimum atomic E-state index is -3.74. The van der Waals surface area contributed by atoms with Gasteiger partial charge in [0.1, 0.15) is 17.3 Å². The summed E-state index contributed by atoms with van der Waals surface area (Å²) >= 11 is 0. The van der Waals surface area contributed by atoms with E-state index in [-0.39, 0.29) is 36.6 Å². The zero-order chi connectivity index (χ0) is 23.5. The van der Waals surface area contributed by atoms with E-state index in [4.69, 9.17) is 13.9 Å². The van der Waals surface area contributed by atoms with Gasteiger partial charge in [-0.1, -0.05) is 12.1 Å². The van der Waals surface area contributed by atoms with Gasteiger partial charge in [-0.15, -0.1) is 0 Å². The molecule has 0 atom stereocenters. The van der Waals surface area contributed by atoms with Gasteiger partial charge in [0.15, 0.2) is 21.3 Å². The van der Waals surface area contributed by atoms with E-state index in [0.717, 1.165) is 0 Å². The van der Waals surface area contributed by atoms with Gasteiger partial charge in [0.05, 0.1) is 23.5 Å². The number of methoxy groups -OCH3 is 1. The Bertz CT molecular complexity index is 1280. The lowest BCUT2D eigenvalue weighted by Gasteiger charge is -2.30. The van der Waals surface area contributed by atoms with Gasteiger partial charge in [0, 0.05) is 13.1 Å². The first-order chi connectivity index (χ1) is 15.8. The molecule has 0 unspecified atom stereocenters. The Labute approximate surface area is 193 Å². The summed E-state index contributed by atoms with van der Waals surface area (Å²) in [6.45, 7) is 0.285. The molecule has 0 aliphatic carbocycles. The van der Waals surface area contributed by atoms with Gasteiger partial charge in [-0.3, -0.25) is 0 Å². The molecular formula is C23H25NO7S2. The van der Waals surface area contributed by atoms with Crippen molar-refractivity contribution in [1.29, 1.82) is 0 Å². The third kappa shape index (κ3) is 5.23. The van der Waals surface area contributed by atoms with Crippen LogP contribution in [0.3, 0.4) is 0 Å². The van der Waals surface area contributed by atoms with Gasteiger partial charge in [-0.05, 0) is 61.4 Å². The molecule has 2 heterocycles. The Morgan fingerprint density at radius 2 is 1.58 bits per heavy atom. The summed E-state index contributed by atoms with van der Waals surface area (Å²) in [6.07, 6.45) is 1.93. The number of para-hydroxylation sites is 2. The molecule has 1 fully saturated rings. The normalized spacial score (nSPS) is 15.9. The summed E-state index contributed by atoms with van der Waals surface area (Å²) in [7, 11) is -5.62. The van der Waals surface area contributed by atoms with E-state index in [1.165, 1.54) is 22.7 Å². The lowest BCUT2D eigenvalue weighted by atomic mass is 10.2. The molecule has 1 aliphatic rings. The number of furan rings is 1. The van der Waals surface area contributed by atoms with E-state index < -0.39 is 25.1 Å². The third-order valence-electron chi connectivity index (χ3n) is 5.59. The van der Waals surface area contributed by atoms with E-state index in [2.05, 4.69) is 0 Å². The Hall–Kier alpha value is -2.82. The van der Waals surface area contributed by atoms with E-state index in [9.17, 15) is 16.8 Å². The number of piperidine rings is 1. The molecule has 176 valence electrons. The van der Waals surface area contributed by atoms with Crippen molar-refractivity contribution in [2.24, 2.45) is 0 Å². The van der Waals surface area contributed by atoms with Crippen LogP contribution in [-0.4, -0.2) is 46.6 Å². The molecule has 0 amide bonds. The average Bonchev–Trinajstić information content (AvgIpc) is 3.32. The van der Waals surface area contributed by atoms with Gasteiger partial charge in [-0.2, -0.15) is 4.31 Å². The van der Waals surface area contributed by atoms with E-state index in [1.54, 1.807) is 43.5 Å². The fourth-order valence-corrected chi connectivity index (χ4v) is 7.00. The minimum Gasteiger partial charge on any atom is -0.493 e. The predicted molar refractivity (Wildman–Crippen MR) is 123 cm³/mol. The van der Waals surface area contributed by atoms with Crippen molar-refractivity contribution in [3.05, 3.63) is 72.7 Å². The molecular weight excluding hydrogens is 466 g/mol. The van der Waals surface area contributed by atoms with Crippen LogP contribution >= 0.6 is 0 Å². The summed E-state index contributed by atoms with van der Waals surface area (Å²) in [5.41, 5.74) is 0. The van der Waals surface area contributed by atoms with E-state index in [1.807, 2.05) is 12.1 Å². The second-order valence-corrected chi connectivity index (χ2v) is 11.9. The van der Waals surface area contributed by atoms with Crippen LogP contribution in [0.15, 0.2) is 76.2 Å². The van der Waals surface area contributed by atoms with Crippen molar-refractivity contribution in [3.8, 4) is 17.2 Å². The van der Waals surface area contributed by atoms with Crippen LogP contribution in [0.25, 0.3) is 0 Å². The number of benzene rings is 2. The van der Waals surface area contributed by atoms with Gasteiger partial charge >= 0.3 is 0 Å². The van der Waals surface area contributed by atoms with Crippen molar-refractivity contribution in [2.75, 3.05) is 20.2 Å². The van der Waals surface area contributed by atoms with Crippen molar-refractivity contribution in [2.45, 2.75) is 28.7 Å². The first-order valence-electron chi connectivity index (χ1n) is 10.4. The summed E-state index contributed by atoms with van der Waals surface area (Å²) < 4.78 is 69.0. The van der Waals surface area contributed by atoms with Gasteiger partial charge < -0.3 is 13.9 Å². The lowest BCUT2D eigenvalue weighted by Crippen LogP contribution is -2.42. The average molecular weight is 492 g/mol. The minimum absolute atomic E-state index is 0.131. The molecule has 10 heteroatoms. The largest absolute Gasteiger partial charge is 0.493 e. The molecule has 3 aromatic rings. The number of hydrogen-bond acceptors (Lipinski definition) is 7. The highest BCUT2D eigenvalue weighted by molar-refractivity contribution is 7.91. The van der Waals surface area contributed by atoms with Crippen LogP contribution in [0.1, 0.15) is 18.6 Å². The summed E-state index contributed by atoms with van der Waals surface area (Å²) in [5, 5.41) is -0.592. The monoisotopic (exact) mass is 491 g/mol. The molecule has 0 spiro atoms. The fourth-order valence-electron chi connectivity index (χ4n) is 3.80. The number of sulfonamides is 1. The maximum absolute atomic E-state index is 13.1. The van der Waals surface area contributed by atoms with Crippen LogP contribution < -0.4 is 9.47 Å². The van der Waals surface area contributed by atoms with Crippen molar-refractivity contribution in [3.63, 3.8) is 0 Å². The molecule has 1 aliphatic heterocycles. The predicted octanol–water partition coefficient (Wildman–Crippen LogP) is 3.85. The SMILES string of the molecule is COc1ccccc1Oc1ccc(S(=O)(=O)N2CCC(S(=O)(=O)Cc3ccco3)CC2)cc1. The lowest BCUT2D eigenvalue weighted by molar-refractivity contribution is 0.345. The highest BCUT2D eigenvalue weighted by Crippen LogP contribution is 2.32.